The summed E-state index contributed by atoms with van der Waals surface area (Å²) in [6.45, 7) is 7.11. The summed E-state index contributed by atoms with van der Waals surface area (Å²) >= 11 is 0. The van der Waals surface area contributed by atoms with Gasteiger partial charge in [-0.3, -0.25) is 0 Å². The summed E-state index contributed by atoms with van der Waals surface area (Å²) in [5, 5.41) is 8.61. The molecule has 1 atom stereocenters. The SMILES string of the molecule is CCN1\C(=C/C=N/N=C(\OC)c2ccc(C)cc2)C(C)(Cc2cccc(F)c2)c2cc(OC)ccc21. The fourth-order valence-electron chi connectivity index (χ4n) is 4.84. The number of hydrogen-bond acceptors (Lipinski definition) is 5. The highest BCUT2D eigenvalue weighted by Gasteiger charge is 2.43. The van der Waals surface area contributed by atoms with Gasteiger partial charge in [-0.05, 0) is 86.9 Å². The Labute approximate surface area is 212 Å². The maximum absolute atomic E-state index is 14.0. The fourth-order valence-corrected chi connectivity index (χ4v) is 4.84. The van der Waals surface area contributed by atoms with Crippen LogP contribution in [-0.4, -0.2) is 32.9 Å². The van der Waals surface area contributed by atoms with E-state index in [4.69, 9.17) is 9.47 Å². The third kappa shape index (κ3) is 5.03. The first-order chi connectivity index (χ1) is 17.4. The molecule has 3 aromatic carbocycles. The fraction of sp³-hybridized carbons (Fsp3) is 0.267. The summed E-state index contributed by atoms with van der Waals surface area (Å²) < 4.78 is 25.0. The molecular weight excluding hydrogens is 453 g/mol. The van der Waals surface area contributed by atoms with Gasteiger partial charge in [0.05, 0.1) is 20.4 Å². The number of anilines is 1. The number of methoxy groups -OCH3 is 2. The first-order valence-electron chi connectivity index (χ1n) is 12.0. The van der Waals surface area contributed by atoms with Crippen LogP contribution in [0.3, 0.4) is 0 Å². The molecule has 0 fully saturated rings. The van der Waals surface area contributed by atoms with Gasteiger partial charge in [-0.1, -0.05) is 29.8 Å². The largest absolute Gasteiger partial charge is 0.497 e. The lowest BCUT2D eigenvalue weighted by Gasteiger charge is -2.30. The second kappa shape index (κ2) is 10.8. The molecule has 1 aliphatic heterocycles. The smallest absolute Gasteiger partial charge is 0.240 e. The van der Waals surface area contributed by atoms with Crippen LogP contribution in [0.15, 0.2) is 88.7 Å². The van der Waals surface area contributed by atoms with Gasteiger partial charge < -0.3 is 14.4 Å². The highest BCUT2D eigenvalue weighted by molar-refractivity contribution is 5.94. The molecule has 0 radical (unpaired) electrons. The Morgan fingerprint density at radius 1 is 1.06 bits per heavy atom. The number of nitrogens with zero attached hydrogens (tertiary/aromatic N) is 3. The van der Waals surface area contributed by atoms with Crippen LogP contribution in [0.2, 0.25) is 0 Å². The van der Waals surface area contributed by atoms with Crippen molar-refractivity contribution in [3.8, 4) is 5.75 Å². The van der Waals surface area contributed by atoms with Crippen LogP contribution in [0.1, 0.15) is 36.1 Å². The molecule has 0 spiro atoms. The summed E-state index contributed by atoms with van der Waals surface area (Å²) in [7, 11) is 3.25. The number of hydrogen-bond donors (Lipinski definition) is 0. The number of likely N-dealkylation sites (N-methyl/N-ethyl adjacent to an activating group) is 1. The first-order valence-corrected chi connectivity index (χ1v) is 12.0. The van der Waals surface area contributed by atoms with Gasteiger partial charge in [0, 0.05) is 28.9 Å². The van der Waals surface area contributed by atoms with Gasteiger partial charge in [0.15, 0.2) is 0 Å². The number of rotatable bonds is 7. The van der Waals surface area contributed by atoms with Crippen LogP contribution in [0.4, 0.5) is 10.1 Å². The molecule has 0 bridgehead atoms. The van der Waals surface area contributed by atoms with Crippen molar-refractivity contribution in [3.63, 3.8) is 0 Å². The molecule has 4 rings (SSSR count). The summed E-state index contributed by atoms with van der Waals surface area (Å²) in [5.41, 5.74) is 5.82. The Morgan fingerprint density at radius 3 is 2.50 bits per heavy atom. The van der Waals surface area contributed by atoms with E-state index in [1.165, 1.54) is 6.07 Å². The standard InChI is InChI=1S/C30H32FN3O2/c1-6-34-27-15-14-25(35-4)19-26(27)30(3,20-22-8-7-9-24(31)18-22)28(34)16-17-32-33-29(36-5)23-12-10-21(2)11-13-23/h7-19H,6,20H2,1-5H3/b28-16-,32-17+,33-29-. The van der Waals surface area contributed by atoms with Crippen molar-refractivity contribution in [1.29, 1.82) is 0 Å². The van der Waals surface area contributed by atoms with E-state index in [9.17, 15) is 4.39 Å². The number of allylic oxidation sites excluding steroid dienone is 2. The van der Waals surface area contributed by atoms with Crippen molar-refractivity contribution in [3.05, 3.63) is 107 Å². The lowest BCUT2D eigenvalue weighted by Crippen LogP contribution is -2.30. The second-order valence-electron chi connectivity index (χ2n) is 9.06. The monoisotopic (exact) mass is 485 g/mol. The summed E-state index contributed by atoms with van der Waals surface area (Å²) in [4.78, 5) is 2.26. The predicted octanol–water partition coefficient (Wildman–Crippen LogP) is 6.45. The van der Waals surface area contributed by atoms with Crippen LogP contribution in [-0.2, 0) is 16.6 Å². The van der Waals surface area contributed by atoms with Crippen LogP contribution in [0, 0.1) is 12.7 Å². The molecule has 6 heteroatoms. The Balaban J connectivity index is 1.74. The molecule has 3 aromatic rings. The quantitative estimate of drug-likeness (QED) is 0.220. The van der Waals surface area contributed by atoms with Gasteiger partial charge in [0.1, 0.15) is 11.6 Å². The molecule has 186 valence electrons. The summed E-state index contributed by atoms with van der Waals surface area (Å²) in [6, 6.07) is 20.9. The number of fused-ring (bicyclic) bond motifs is 1. The zero-order chi connectivity index (χ0) is 25.7. The van der Waals surface area contributed by atoms with Gasteiger partial charge in [0.2, 0.25) is 5.90 Å². The molecule has 0 aliphatic carbocycles. The minimum absolute atomic E-state index is 0.239. The van der Waals surface area contributed by atoms with Crippen molar-refractivity contribution >= 4 is 17.8 Å². The average molecular weight is 486 g/mol. The molecule has 0 saturated carbocycles. The average Bonchev–Trinajstić information content (AvgIpc) is 3.11. The maximum Gasteiger partial charge on any atom is 0.240 e. The molecule has 36 heavy (non-hydrogen) atoms. The van der Waals surface area contributed by atoms with E-state index < -0.39 is 5.41 Å². The van der Waals surface area contributed by atoms with Gasteiger partial charge in [-0.15, -0.1) is 5.10 Å². The van der Waals surface area contributed by atoms with Crippen molar-refractivity contribution in [1.82, 2.24) is 0 Å². The van der Waals surface area contributed by atoms with E-state index in [1.54, 1.807) is 32.6 Å². The van der Waals surface area contributed by atoms with E-state index in [-0.39, 0.29) is 5.82 Å². The Bertz CT molecular complexity index is 1310. The Hall–Kier alpha value is -3.93. The van der Waals surface area contributed by atoms with Gasteiger partial charge in [-0.2, -0.15) is 5.10 Å². The van der Waals surface area contributed by atoms with Gasteiger partial charge >= 0.3 is 0 Å². The van der Waals surface area contributed by atoms with E-state index in [2.05, 4.69) is 41.1 Å². The maximum atomic E-state index is 14.0. The van der Waals surface area contributed by atoms with Crippen LogP contribution >= 0.6 is 0 Å². The molecule has 0 saturated heterocycles. The molecule has 1 aliphatic rings. The molecule has 1 heterocycles. The lowest BCUT2D eigenvalue weighted by atomic mass is 9.76. The van der Waals surface area contributed by atoms with Crippen LogP contribution in [0.25, 0.3) is 0 Å². The van der Waals surface area contributed by atoms with E-state index in [0.29, 0.717) is 12.3 Å². The van der Waals surface area contributed by atoms with Crippen molar-refractivity contribution in [2.75, 3.05) is 25.7 Å². The van der Waals surface area contributed by atoms with Crippen LogP contribution in [0.5, 0.6) is 5.75 Å². The minimum Gasteiger partial charge on any atom is -0.497 e. The highest BCUT2D eigenvalue weighted by Crippen LogP contribution is 2.50. The highest BCUT2D eigenvalue weighted by atomic mass is 19.1. The zero-order valence-electron chi connectivity index (χ0n) is 21.5. The van der Waals surface area contributed by atoms with Gasteiger partial charge in [0.25, 0.3) is 0 Å². The first kappa shape index (κ1) is 25.2. The minimum atomic E-state index is -0.426. The van der Waals surface area contributed by atoms with Crippen molar-refractivity contribution in [2.24, 2.45) is 10.2 Å². The number of halogens is 1. The summed E-state index contributed by atoms with van der Waals surface area (Å²) in [6.07, 6.45) is 4.30. The normalized spacial score (nSPS) is 18.7. The molecule has 0 amide bonds. The molecule has 1 unspecified atom stereocenters. The van der Waals surface area contributed by atoms with Crippen molar-refractivity contribution in [2.45, 2.75) is 32.6 Å². The van der Waals surface area contributed by atoms with E-state index >= 15 is 0 Å². The van der Waals surface area contributed by atoms with E-state index in [0.717, 1.165) is 45.9 Å². The zero-order valence-corrected chi connectivity index (χ0v) is 21.5. The number of aryl methyl sites for hydroxylation is 1. The molecule has 5 nitrogen and oxygen atoms in total. The molecule has 0 N–H and O–H groups in total. The third-order valence-corrected chi connectivity index (χ3v) is 6.65. The van der Waals surface area contributed by atoms with Crippen molar-refractivity contribution < 1.29 is 13.9 Å². The second-order valence-corrected chi connectivity index (χ2v) is 9.06. The Morgan fingerprint density at radius 2 is 1.83 bits per heavy atom. The predicted molar refractivity (Wildman–Crippen MR) is 145 cm³/mol. The van der Waals surface area contributed by atoms with Gasteiger partial charge in [-0.25, -0.2) is 4.39 Å². The Kier molecular flexibility index (Phi) is 7.53. The number of benzene rings is 3. The van der Waals surface area contributed by atoms with Crippen LogP contribution < -0.4 is 9.64 Å². The molecular formula is C30H32FN3O2. The topological polar surface area (TPSA) is 46.4 Å². The molecule has 0 aromatic heterocycles. The summed E-state index contributed by atoms with van der Waals surface area (Å²) in [5.74, 6) is 0.994. The van der Waals surface area contributed by atoms with E-state index in [1.807, 2.05) is 49.4 Å². The lowest BCUT2D eigenvalue weighted by molar-refractivity contribution is 0.403. The third-order valence-electron chi connectivity index (χ3n) is 6.65. The number of ether oxygens (including phenoxy) is 2.